The molecule has 1 aliphatic rings. The number of furan rings is 1. The van der Waals surface area contributed by atoms with E-state index >= 15 is 0 Å². The highest BCUT2D eigenvalue weighted by atomic mass is 16.4. The average molecular weight is 246 g/mol. The van der Waals surface area contributed by atoms with Gasteiger partial charge >= 0.3 is 5.69 Å². The summed E-state index contributed by atoms with van der Waals surface area (Å²) >= 11 is 0. The van der Waals surface area contributed by atoms with Crippen LogP contribution in [0.25, 0.3) is 0 Å². The lowest BCUT2D eigenvalue weighted by Gasteiger charge is -2.18. The van der Waals surface area contributed by atoms with Crippen molar-refractivity contribution in [2.75, 3.05) is 11.9 Å². The smallest absolute Gasteiger partial charge is 0.347 e. The van der Waals surface area contributed by atoms with Gasteiger partial charge in [0.2, 0.25) is 0 Å². The van der Waals surface area contributed by atoms with Gasteiger partial charge in [-0.1, -0.05) is 0 Å². The molecule has 2 aromatic rings. The van der Waals surface area contributed by atoms with E-state index in [0.29, 0.717) is 18.2 Å². The van der Waals surface area contributed by atoms with Gasteiger partial charge in [0.05, 0.1) is 0 Å². The average Bonchev–Trinajstić information content (AvgIpc) is 2.74. The van der Waals surface area contributed by atoms with E-state index in [1.54, 1.807) is 0 Å². The molecule has 1 aliphatic heterocycles. The van der Waals surface area contributed by atoms with Gasteiger partial charge in [-0.15, -0.1) is 0 Å². The molecular formula is C12H14N4O2. The van der Waals surface area contributed by atoms with Gasteiger partial charge in [-0.25, -0.2) is 4.79 Å². The summed E-state index contributed by atoms with van der Waals surface area (Å²) < 4.78 is 5.43. The SMILES string of the molecule is Cc1ccc(Nc2nc(=O)[nH]c3c2CNCC3)o1. The van der Waals surface area contributed by atoms with Crippen LogP contribution in [0.1, 0.15) is 17.0 Å². The number of nitrogens with zero attached hydrogens (tertiary/aromatic N) is 1. The minimum atomic E-state index is -0.332. The number of hydrogen-bond donors (Lipinski definition) is 3. The number of fused-ring (bicyclic) bond motifs is 1. The Balaban J connectivity index is 2.00. The predicted molar refractivity (Wildman–Crippen MR) is 67.0 cm³/mol. The van der Waals surface area contributed by atoms with Crippen molar-refractivity contribution in [2.24, 2.45) is 0 Å². The number of aromatic amines is 1. The molecular weight excluding hydrogens is 232 g/mol. The van der Waals surface area contributed by atoms with Crippen molar-refractivity contribution in [2.45, 2.75) is 19.9 Å². The van der Waals surface area contributed by atoms with Crippen molar-refractivity contribution in [3.05, 3.63) is 39.6 Å². The molecule has 0 fully saturated rings. The second-order valence-corrected chi connectivity index (χ2v) is 4.31. The van der Waals surface area contributed by atoms with Gasteiger partial charge < -0.3 is 20.0 Å². The largest absolute Gasteiger partial charge is 0.446 e. The summed E-state index contributed by atoms with van der Waals surface area (Å²) in [5.74, 6) is 1.98. The molecule has 94 valence electrons. The molecule has 0 atom stereocenters. The third-order valence-corrected chi connectivity index (χ3v) is 2.96. The van der Waals surface area contributed by atoms with Crippen LogP contribution in [0.5, 0.6) is 0 Å². The van der Waals surface area contributed by atoms with E-state index in [9.17, 15) is 4.79 Å². The van der Waals surface area contributed by atoms with E-state index in [0.717, 1.165) is 30.0 Å². The zero-order chi connectivity index (χ0) is 12.5. The Bertz CT molecular complexity index is 629. The standard InChI is InChI=1S/C12H14N4O2/c1-7-2-3-10(18-7)15-11-8-6-13-5-4-9(8)14-12(17)16-11/h2-3,13H,4-6H2,1H3,(H2,14,15,16,17). The van der Waals surface area contributed by atoms with Crippen LogP contribution in [0.4, 0.5) is 11.7 Å². The van der Waals surface area contributed by atoms with Crippen LogP contribution < -0.4 is 16.3 Å². The fraction of sp³-hybridized carbons (Fsp3) is 0.333. The molecule has 0 unspecified atom stereocenters. The number of rotatable bonds is 2. The summed E-state index contributed by atoms with van der Waals surface area (Å²) in [6, 6.07) is 3.68. The lowest BCUT2D eigenvalue weighted by molar-refractivity contribution is 0.550. The molecule has 3 rings (SSSR count). The summed E-state index contributed by atoms with van der Waals surface area (Å²) in [7, 11) is 0. The van der Waals surface area contributed by atoms with Gasteiger partial charge in [0.25, 0.3) is 0 Å². The maximum absolute atomic E-state index is 11.5. The van der Waals surface area contributed by atoms with E-state index in [2.05, 4.69) is 20.6 Å². The molecule has 3 N–H and O–H groups in total. The van der Waals surface area contributed by atoms with Gasteiger partial charge in [-0.3, -0.25) is 0 Å². The number of aromatic nitrogens is 2. The summed E-state index contributed by atoms with van der Waals surface area (Å²) in [6.45, 7) is 3.43. The summed E-state index contributed by atoms with van der Waals surface area (Å²) in [6.07, 6.45) is 0.805. The third kappa shape index (κ3) is 2.02. The van der Waals surface area contributed by atoms with Gasteiger partial charge in [-0.2, -0.15) is 4.98 Å². The Morgan fingerprint density at radius 3 is 3.11 bits per heavy atom. The maximum atomic E-state index is 11.5. The van der Waals surface area contributed by atoms with E-state index in [1.165, 1.54) is 0 Å². The number of nitrogens with one attached hydrogen (secondary N) is 3. The zero-order valence-electron chi connectivity index (χ0n) is 10.0. The second-order valence-electron chi connectivity index (χ2n) is 4.31. The Morgan fingerprint density at radius 2 is 2.33 bits per heavy atom. The molecule has 18 heavy (non-hydrogen) atoms. The fourth-order valence-corrected chi connectivity index (χ4v) is 2.10. The fourth-order valence-electron chi connectivity index (χ4n) is 2.10. The van der Waals surface area contributed by atoms with E-state index in [-0.39, 0.29) is 5.69 Å². The van der Waals surface area contributed by atoms with Crippen LogP contribution in [0.15, 0.2) is 21.3 Å². The topological polar surface area (TPSA) is 83.0 Å². The van der Waals surface area contributed by atoms with Crippen molar-refractivity contribution < 1.29 is 4.42 Å². The molecule has 0 radical (unpaired) electrons. The molecule has 0 amide bonds. The van der Waals surface area contributed by atoms with E-state index in [1.807, 2.05) is 19.1 Å². The van der Waals surface area contributed by atoms with Crippen LogP contribution in [0, 0.1) is 6.92 Å². The number of hydrogen-bond acceptors (Lipinski definition) is 5. The molecule has 2 aromatic heterocycles. The minimum Gasteiger partial charge on any atom is -0.446 e. The number of aryl methyl sites for hydroxylation is 1. The molecule has 3 heterocycles. The van der Waals surface area contributed by atoms with Crippen molar-refractivity contribution in [1.82, 2.24) is 15.3 Å². The third-order valence-electron chi connectivity index (χ3n) is 2.96. The lowest BCUT2D eigenvalue weighted by Crippen LogP contribution is -2.29. The first-order valence-corrected chi connectivity index (χ1v) is 5.88. The quantitative estimate of drug-likeness (QED) is 0.738. The van der Waals surface area contributed by atoms with Crippen LogP contribution in [0.2, 0.25) is 0 Å². The van der Waals surface area contributed by atoms with Crippen LogP contribution in [-0.4, -0.2) is 16.5 Å². The van der Waals surface area contributed by atoms with Crippen molar-refractivity contribution in [3.63, 3.8) is 0 Å². The van der Waals surface area contributed by atoms with Gasteiger partial charge in [0.1, 0.15) is 11.6 Å². The first-order valence-electron chi connectivity index (χ1n) is 5.88. The summed E-state index contributed by atoms with van der Waals surface area (Å²) in [4.78, 5) is 18.3. The molecule has 0 spiro atoms. The van der Waals surface area contributed by atoms with Crippen molar-refractivity contribution >= 4 is 11.7 Å². The van der Waals surface area contributed by atoms with Gasteiger partial charge in [0, 0.05) is 36.8 Å². The Hall–Kier alpha value is -2.08. The molecule has 6 nitrogen and oxygen atoms in total. The lowest BCUT2D eigenvalue weighted by atomic mass is 10.1. The highest BCUT2D eigenvalue weighted by Crippen LogP contribution is 2.22. The molecule has 0 saturated carbocycles. The number of H-pyrrole nitrogens is 1. The molecule has 6 heteroatoms. The van der Waals surface area contributed by atoms with Crippen molar-refractivity contribution in [1.29, 1.82) is 0 Å². The first-order chi connectivity index (χ1) is 8.72. The van der Waals surface area contributed by atoms with Crippen LogP contribution >= 0.6 is 0 Å². The minimum absolute atomic E-state index is 0.332. The van der Waals surface area contributed by atoms with E-state index < -0.39 is 0 Å². The molecule has 0 saturated heterocycles. The van der Waals surface area contributed by atoms with Crippen molar-refractivity contribution in [3.8, 4) is 0 Å². The highest BCUT2D eigenvalue weighted by Gasteiger charge is 2.16. The first kappa shape index (κ1) is 11.0. The van der Waals surface area contributed by atoms with Crippen LogP contribution in [0.3, 0.4) is 0 Å². The maximum Gasteiger partial charge on any atom is 0.347 e. The van der Waals surface area contributed by atoms with E-state index in [4.69, 9.17) is 4.42 Å². The molecule has 0 bridgehead atoms. The summed E-state index contributed by atoms with van der Waals surface area (Å²) in [5.41, 5.74) is 1.61. The zero-order valence-corrected chi connectivity index (χ0v) is 10.0. The Kier molecular flexibility index (Phi) is 2.64. The predicted octanol–water partition coefficient (Wildman–Crippen LogP) is 1.06. The van der Waals surface area contributed by atoms with Gasteiger partial charge in [0.15, 0.2) is 5.88 Å². The normalized spacial score (nSPS) is 14.3. The monoisotopic (exact) mass is 246 g/mol. The van der Waals surface area contributed by atoms with Crippen LogP contribution in [-0.2, 0) is 13.0 Å². The molecule has 0 aliphatic carbocycles. The second kappa shape index (κ2) is 4.30. The van der Waals surface area contributed by atoms with Gasteiger partial charge in [-0.05, 0) is 13.0 Å². The Labute approximate surface area is 103 Å². The summed E-state index contributed by atoms with van der Waals surface area (Å²) in [5, 5.41) is 6.32. The highest BCUT2D eigenvalue weighted by molar-refractivity contribution is 5.56. The molecule has 0 aromatic carbocycles. The Morgan fingerprint density at radius 1 is 1.44 bits per heavy atom. The number of anilines is 2.